The van der Waals surface area contributed by atoms with Gasteiger partial charge in [-0.05, 0) is 24.2 Å². The van der Waals surface area contributed by atoms with E-state index in [2.05, 4.69) is 44.0 Å². The third-order valence-electron chi connectivity index (χ3n) is 6.19. The number of pyridine rings is 1. The van der Waals surface area contributed by atoms with E-state index in [1.165, 1.54) is 24.4 Å². The molecular weight excluding hydrogens is 472 g/mol. The molecule has 3 N–H and O–H groups in total. The van der Waals surface area contributed by atoms with Gasteiger partial charge in [0, 0.05) is 22.9 Å². The lowest BCUT2D eigenvalue weighted by molar-refractivity contribution is -0.143. The highest BCUT2D eigenvalue weighted by Gasteiger charge is 2.40. The molecule has 8 nitrogen and oxygen atoms in total. The SMILES string of the molecule is CC(C)(C)[Si](C)(C)ON=C1CN(c2ncc(-c3cccc(COC(=O)CC(=N)N)c3F)cc2F)C1. The summed E-state index contributed by atoms with van der Waals surface area (Å²) >= 11 is 0. The average molecular weight is 504 g/mol. The zero-order valence-electron chi connectivity index (χ0n) is 20.6. The maximum Gasteiger partial charge on any atom is 0.313 e. The van der Waals surface area contributed by atoms with E-state index in [4.69, 9.17) is 20.4 Å². The number of esters is 1. The first-order valence-corrected chi connectivity index (χ1v) is 14.1. The lowest BCUT2D eigenvalue weighted by Crippen LogP contribution is -2.49. The summed E-state index contributed by atoms with van der Waals surface area (Å²) in [5.41, 5.74) is 6.49. The highest BCUT2D eigenvalue weighted by atomic mass is 28.4. The summed E-state index contributed by atoms with van der Waals surface area (Å²) in [6.45, 7) is 11.1. The molecule has 0 radical (unpaired) electrons. The highest BCUT2D eigenvalue weighted by Crippen LogP contribution is 2.37. The number of ether oxygens (including phenoxy) is 1. The van der Waals surface area contributed by atoms with Crippen molar-refractivity contribution in [3.63, 3.8) is 0 Å². The van der Waals surface area contributed by atoms with E-state index >= 15 is 4.39 Å². The fraction of sp³-hybridized carbons (Fsp3) is 0.417. The Morgan fingerprint density at radius 2 is 1.97 bits per heavy atom. The van der Waals surface area contributed by atoms with Crippen molar-refractivity contribution in [2.45, 2.75) is 51.9 Å². The van der Waals surface area contributed by atoms with Crippen LogP contribution in [-0.4, -0.2) is 43.9 Å². The van der Waals surface area contributed by atoms with Crippen molar-refractivity contribution >= 4 is 31.7 Å². The second-order valence-corrected chi connectivity index (χ2v) is 14.7. The minimum absolute atomic E-state index is 0.0345. The van der Waals surface area contributed by atoms with Gasteiger partial charge in [-0.3, -0.25) is 10.2 Å². The Balaban J connectivity index is 1.68. The molecule has 35 heavy (non-hydrogen) atoms. The van der Waals surface area contributed by atoms with Crippen molar-refractivity contribution in [1.82, 2.24) is 4.98 Å². The summed E-state index contributed by atoms with van der Waals surface area (Å²) in [7, 11) is -2.01. The lowest BCUT2D eigenvalue weighted by atomic mass is 10.0. The second-order valence-electron chi connectivity index (χ2n) is 10.0. The fourth-order valence-electron chi connectivity index (χ4n) is 3.01. The topological polar surface area (TPSA) is 114 Å². The van der Waals surface area contributed by atoms with Crippen LogP contribution in [-0.2, 0) is 20.7 Å². The Labute approximate surface area is 204 Å². The molecule has 0 bridgehead atoms. The van der Waals surface area contributed by atoms with Crippen molar-refractivity contribution in [3.05, 3.63) is 47.7 Å². The van der Waals surface area contributed by atoms with Gasteiger partial charge in [0.1, 0.15) is 24.7 Å². The first kappa shape index (κ1) is 26.3. The maximum absolute atomic E-state index is 15.0. The molecule has 0 atom stereocenters. The van der Waals surface area contributed by atoms with Crippen LogP contribution in [0.25, 0.3) is 11.1 Å². The molecule has 2 aromatic rings. The molecule has 188 valence electrons. The van der Waals surface area contributed by atoms with Crippen LogP contribution in [0.1, 0.15) is 32.8 Å². The summed E-state index contributed by atoms with van der Waals surface area (Å²) in [6, 6.07) is 5.77. The monoisotopic (exact) mass is 503 g/mol. The number of amidine groups is 1. The zero-order valence-corrected chi connectivity index (χ0v) is 21.6. The van der Waals surface area contributed by atoms with Crippen molar-refractivity contribution in [2.24, 2.45) is 10.9 Å². The normalized spacial score (nSPS) is 13.8. The predicted molar refractivity (Wildman–Crippen MR) is 134 cm³/mol. The van der Waals surface area contributed by atoms with E-state index in [1.54, 1.807) is 11.0 Å². The van der Waals surface area contributed by atoms with Gasteiger partial charge in [-0.1, -0.05) is 39.0 Å². The Hall–Kier alpha value is -3.34. The summed E-state index contributed by atoms with van der Waals surface area (Å²) in [4.78, 5) is 17.5. The van der Waals surface area contributed by atoms with Crippen LogP contribution in [0.15, 0.2) is 35.6 Å². The number of hydrogen-bond donors (Lipinski definition) is 2. The van der Waals surface area contributed by atoms with Crippen molar-refractivity contribution in [3.8, 4) is 11.1 Å². The number of oxime groups is 1. The van der Waals surface area contributed by atoms with Crippen LogP contribution in [0.2, 0.25) is 18.1 Å². The molecule has 1 aliphatic rings. The van der Waals surface area contributed by atoms with Crippen LogP contribution < -0.4 is 10.6 Å². The molecule has 1 aromatic heterocycles. The van der Waals surface area contributed by atoms with Crippen molar-refractivity contribution < 1.29 is 22.8 Å². The molecule has 2 heterocycles. The standard InChI is InChI=1S/C24H31F2N5O3Si/c1-24(2,3)35(4,5)34-30-17-12-31(13-17)23-19(25)9-16(11-29-23)18-8-6-7-15(22(18)26)14-33-21(32)10-20(27)28/h6-9,11H,10,12-14H2,1-5H3,(H3,27,28). The van der Waals surface area contributed by atoms with Crippen LogP contribution in [0.5, 0.6) is 0 Å². The Kier molecular flexibility index (Phi) is 7.58. The molecule has 0 spiro atoms. The zero-order chi connectivity index (χ0) is 26.0. The van der Waals surface area contributed by atoms with Gasteiger partial charge in [-0.25, -0.2) is 13.8 Å². The molecule has 1 aliphatic heterocycles. The maximum atomic E-state index is 15.0. The Morgan fingerprint density at radius 1 is 1.29 bits per heavy atom. The number of nitrogens with two attached hydrogens (primary N) is 1. The first-order chi connectivity index (χ1) is 16.3. The minimum atomic E-state index is -2.01. The number of aromatic nitrogens is 1. The second kappa shape index (κ2) is 10.1. The summed E-state index contributed by atoms with van der Waals surface area (Å²) in [6.07, 6.45) is 1.03. The molecule has 3 rings (SSSR count). The average Bonchev–Trinajstić information content (AvgIpc) is 2.71. The summed E-state index contributed by atoms with van der Waals surface area (Å²) < 4.78 is 40.7. The summed E-state index contributed by atoms with van der Waals surface area (Å²) in [5.74, 6) is -2.13. The molecule has 1 fully saturated rings. The van der Waals surface area contributed by atoms with E-state index in [-0.39, 0.29) is 46.4 Å². The predicted octanol–water partition coefficient (Wildman–Crippen LogP) is 4.59. The third-order valence-corrected chi connectivity index (χ3v) is 10.4. The highest BCUT2D eigenvalue weighted by molar-refractivity contribution is 6.74. The van der Waals surface area contributed by atoms with Crippen molar-refractivity contribution in [2.75, 3.05) is 18.0 Å². The molecule has 0 amide bonds. The molecular formula is C24H31F2N5O3Si. The fourth-order valence-corrected chi connectivity index (χ4v) is 3.64. The van der Waals surface area contributed by atoms with Gasteiger partial charge in [0.25, 0.3) is 8.32 Å². The van der Waals surface area contributed by atoms with E-state index < -0.39 is 25.9 Å². The van der Waals surface area contributed by atoms with Crippen molar-refractivity contribution in [1.29, 1.82) is 5.41 Å². The number of carbonyl (C=O) groups excluding carboxylic acids is 1. The van der Waals surface area contributed by atoms with Gasteiger partial charge in [0.15, 0.2) is 11.6 Å². The van der Waals surface area contributed by atoms with E-state index in [1.807, 2.05) is 0 Å². The minimum Gasteiger partial charge on any atom is -0.460 e. The van der Waals surface area contributed by atoms with E-state index in [0.29, 0.717) is 13.1 Å². The molecule has 11 heteroatoms. The number of nitrogens with one attached hydrogen (secondary N) is 1. The quantitative estimate of drug-likeness (QED) is 0.179. The van der Waals surface area contributed by atoms with E-state index in [9.17, 15) is 9.18 Å². The van der Waals surface area contributed by atoms with Gasteiger partial charge in [0.2, 0.25) is 0 Å². The number of anilines is 1. The third kappa shape index (κ3) is 6.21. The van der Waals surface area contributed by atoms with Gasteiger partial charge in [-0.15, -0.1) is 5.16 Å². The van der Waals surface area contributed by atoms with Gasteiger partial charge in [-0.2, -0.15) is 0 Å². The van der Waals surface area contributed by atoms with Crippen LogP contribution >= 0.6 is 0 Å². The van der Waals surface area contributed by atoms with E-state index in [0.717, 1.165) is 5.71 Å². The Morgan fingerprint density at radius 3 is 2.57 bits per heavy atom. The lowest BCUT2D eigenvalue weighted by Gasteiger charge is -2.36. The van der Waals surface area contributed by atoms with Gasteiger partial charge >= 0.3 is 5.97 Å². The largest absolute Gasteiger partial charge is 0.460 e. The molecule has 0 aliphatic carbocycles. The van der Waals surface area contributed by atoms with Crippen LogP contribution in [0, 0.1) is 17.0 Å². The number of carbonyl (C=O) groups is 1. The summed E-state index contributed by atoms with van der Waals surface area (Å²) in [5, 5.41) is 11.4. The molecule has 1 saturated heterocycles. The molecule has 1 aromatic carbocycles. The first-order valence-electron chi connectivity index (χ1n) is 11.2. The van der Waals surface area contributed by atoms with Crippen LogP contribution in [0.3, 0.4) is 0 Å². The molecule has 0 unspecified atom stereocenters. The smallest absolute Gasteiger partial charge is 0.313 e. The number of benzene rings is 1. The molecule has 0 saturated carbocycles. The number of halogens is 2. The van der Waals surface area contributed by atoms with Crippen LogP contribution in [0.4, 0.5) is 14.6 Å². The Bertz CT molecular complexity index is 1160. The van der Waals surface area contributed by atoms with Gasteiger partial charge in [0.05, 0.1) is 18.8 Å². The number of hydrogen-bond acceptors (Lipinski definition) is 7. The number of rotatable bonds is 8. The number of nitrogens with zero attached hydrogens (tertiary/aromatic N) is 3. The van der Waals surface area contributed by atoms with Gasteiger partial charge < -0.3 is 19.9 Å².